The highest BCUT2D eigenvalue weighted by atomic mass is 16.6. The number of hydrogen-bond acceptors (Lipinski definition) is 5. The maximum absolute atomic E-state index is 11.5. The summed E-state index contributed by atoms with van der Waals surface area (Å²) in [5, 5.41) is 17.7. The molecule has 0 aromatic carbocycles. The van der Waals surface area contributed by atoms with Gasteiger partial charge >= 0.3 is 5.97 Å². The van der Waals surface area contributed by atoms with Crippen LogP contribution in [0.1, 0.15) is 84.0 Å². The normalized spacial score (nSPS) is 19.4. The van der Waals surface area contributed by atoms with Crippen molar-refractivity contribution in [1.29, 1.82) is 0 Å². The van der Waals surface area contributed by atoms with Crippen LogP contribution in [0.15, 0.2) is 12.2 Å². The zero-order chi connectivity index (χ0) is 19.0. The Kier molecular flexibility index (Phi) is 13.5. The molecule has 1 saturated heterocycles. The molecule has 1 aliphatic rings. The number of ether oxygens (including phenoxy) is 2. The van der Waals surface area contributed by atoms with E-state index in [2.05, 4.69) is 19.1 Å². The molecule has 5 heteroatoms. The van der Waals surface area contributed by atoms with E-state index in [1.807, 2.05) is 0 Å². The largest absolute Gasteiger partial charge is 0.457 e. The van der Waals surface area contributed by atoms with E-state index in [4.69, 9.17) is 19.7 Å². The van der Waals surface area contributed by atoms with Crippen LogP contribution in [0.25, 0.3) is 0 Å². The van der Waals surface area contributed by atoms with E-state index in [1.54, 1.807) is 0 Å². The zero-order valence-electron chi connectivity index (χ0n) is 16.4. The molecular weight excluding hydrogens is 332 g/mol. The third kappa shape index (κ3) is 11.7. The van der Waals surface area contributed by atoms with Gasteiger partial charge in [-0.25, -0.2) is 0 Å². The Balaban J connectivity index is 1.84. The van der Waals surface area contributed by atoms with Gasteiger partial charge in [0.05, 0.1) is 25.4 Å². The first-order chi connectivity index (χ1) is 12.7. The lowest BCUT2D eigenvalue weighted by Crippen LogP contribution is -2.25. The van der Waals surface area contributed by atoms with Crippen LogP contribution in [-0.2, 0) is 14.3 Å². The smallest absolute Gasteiger partial charge is 0.306 e. The lowest BCUT2D eigenvalue weighted by atomic mass is 10.1. The van der Waals surface area contributed by atoms with Gasteiger partial charge < -0.3 is 19.7 Å². The van der Waals surface area contributed by atoms with Crippen molar-refractivity contribution in [2.45, 2.75) is 102 Å². The molecule has 0 saturated carbocycles. The summed E-state index contributed by atoms with van der Waals surface area (Å²) in [6.45, 7) is 1.57. The lowest BCUT2D eigenvalue weighted by Gasteiger charge is -2.12. The topological polar surface area (TPSA) is 79.3 Å². The van der Waals surface area contributed by atoms with Crippen molar-refractivity contribution in [2.24, 2.45) is 0 Å². The van der Waals surface area contributed by atoms with Crippen LogP contribution < -0.4 is 0 Å². The molecule has 0 radical (unpaired) electrons. The van der Waals surface area contributed by atoms with Crippen LogP contribution in [0.3, 0.4) is 0 Å². The Hall–Kier alpha value is -0.910. The standard InChI is InChI=1S/C21H38O5/c1-2-3-10-13-19-20(26-19)14-11-8-6-4-5-7-9-12-15-21(24)25-18(16-22)17-23/h8,11,18-20,22-23H,2-7,9-10,12-17H2,1H3/b11-8-. The van der Waals surface area contributed by atoms with Gasteiger partial charge in [-0.15, -0.1) is 0 Å². The molecule has 1 fully saturated rings. The fourth-order valence-corrected chi connectivity index (χ4v) is 3.02. The molecule has 0 spiro atoms. The predicted molar refractivity (Wildman–Crippen MR) is 103 cm³/mol. The fourth-order valence-electron chi connectivity index (χ4n) is 3.02. The van der Waals surface area contributed by atoms with Crippen molar-refractivity contribution in [3.63, 3.8) is 0 Å². The molecule has 1 heterocycles. The predicted octanol–water partition coefficient (Wildman–Crippen LogP) is 3.91. The summed E-state index contributed by atoms with van der Waals surface area (Å²) < 4.78 is 10.6. The van der Waals surface area contributed by atoms with Crippen molar-refractivity contribution in [2.75, 3.05) is 13.2 Å². The summed E-state index contributed by atoms with van der Waals surface area (Å²) in [4.78, 5) is 11.5. The van der Waals surface area contributed by atoms with Crippen LogP contribution >= 0.6 is 0 Å². The maximum Gasteiger partial charge on any atom is 0.306 e. The summed E-state index contributed by atoms with van der Waals surface area (Å²) in [7, 11) is 0. The van der Waals surface area contributed by atoms with Crippen molar-refractivity contribution < 1.29 is 24.5 Å². The average Bonchev–Trinajstić information content (AvgIpc) is 3.39. The molecule has 0 aromatic heterocycles. The number of carbonyl (C=O) groups excluding carboxylic acids is 1. The fraction of sp³-hybridized carbons (Fsp3) is 0.857. The molecule has 2 unspecified atom stereocenters. The molecule has 1 aliphatic heterocycles. The minimum absolute atomic E-state index is 0.331. The maximum atomic E-state index is 11.5. The Labute approximate surface area is 158 Å². The number of carbonyl (C=O) groups is 1. The summed E-state index contributed by atoms with van der Waals surface area (Å²) in [5.41, 5.74) is 0. The van der Waals surface area contributed by atoms with Crippen molar-refractivity contribution in [3.05, 3.63) is 12.2 Å². The molecule has 0 bridgehead atoms. The summed E-state index contributed by atoms with van der Waals surface area (Å²) >= 11 is 0. The number of allylic oxidation sites excluding steroid dienone is 1. The Morgan fingerprint density at radius 3 is 2.46 bits per heavy atom. The Bertz CT molecular complexity index is 379. The van der Waals surface area contributed by atoms with Crippen LogP contribution in [0.2, 0.25) is 0 Å². The second kappa shape index (κ2) is 15.2. The highest BCUT2D eigenvalue weighted by Crippen LogP contribution is 2.30. The summed E-state index contributed by atoms with van der Waals surface area (Å²) in [5.74, 6) is -0.337. The number of aliphatic hydroxyl groups excluding tert-OH is 2. The van der Waals surface area contributed by atoms with E-state index in [0.717, 1.165) is 32.1 Å². The first-order valence-electron chi connectivity index (χ1n) is 10.4. The number of epoxide rings is 1. The van der Waals surface area contributed by atoms with Crippen molar-refractivity contribution in [3.8, 4) is 0 Å². The summed E-state index contributed by atoms with van der Waals surface area (Å²) in [6, 6.07) is 0. The quantitative estimate of drug-likeness (QED) is 0.176. The van der Waals surface area contributed by atoms with E-state index in [0.29, 0.717) is 18.6 Å². The zero-order valence-corrected chi connectivity index (χ0v) is 16.4. The van der Waals surface area contributed by atoms with Gasteiger partial charge in [0.15, 0.2) is 0 Å². The highest BCUT2D eigenvalue weighted by Gasteiger charge is 2.36. The molecule has 152 valence electrons. The van der Waals surface area contributed by atoms with Crippen LogP contribution in [0, 0.1) is 0 Å². The number of esters is 1. The van der Waals surface area contributed by atoms with Crippen LogP contribution in [0.4, 0.5) is 0 Å². The molecule has 2 N–H and O–H groups in total. The monoisotopic (exact) mass is 370 g/mol. The van der Waals surface area contributed by atoms with Gasteiger partial charge in [0, 0.05) is 6.42 Å². The molecule has 26 heavy (non-hydrogen) atoms. The van der Waals surface area contributed by atoms with Gasteiger partial charge in [-0.05, 0) is 32.1 Å². The van der Waals surface area contributed by atoms with Gasteiger partial charge in [-0.3, -0.25) is 4.79 Å². The molecule has 1 rings (SSSR count). The van der Waals surface area contributed by atoms with E-state index >= 15 is 0 Å². The van der Waals surface area contributed by atoms with Gasteiger partial charge in [0.25, 0.3) is 0 Å². The van der Waals surface area contributed by atoms with Gasteiger partial charge in [-0.2, -0.15) is 0 Å². The van der Waals surface area contributed by atoms with Gasteiger partial charge in [0.2, 0.25) is 0 Å². The first kappa shape index (κ1) is 23.1. The van der Waals surface area contributed by atoms with E-state index in [9.17, 15) is 4.79 Å². The van der Waals surface area contributed by atoms with Gasteiger partial charge in [-0.1, -0.05) is 57.6 Å². The first-order valence-corrected chi connectivity index (χ1v) is 10.4. The molecular formula is C21H38O5. The number of rotatable bonds is 17. The van der Waals surface area contributed by atoms with Crippen molar-refractivity contribution >= 4 is 5.97 Å². The number of aliphatic hydroxyl groups is 2. The Morgan fingerprint density at radius 2 is 1.73 bits per heavy atom. The minimum Gasteiger partial charge on any atom is -0.457 e. The van der Waals surface area contributed by atoms with Crippen LogP contribution in [0.5, 0.6) is 0 Å². The second-order valence-electron chi connectivity index (χ2n) is 7.20. The van der Waals surface area contributed by atoms with Crippen LogP contribution in [-0.4, -0.2) is 47.7 Å². The third-order valence-corrected chi connectivity index (χ3v) is 4.77. The lowest BCUT2D eigenvalue weighted by molar-refractivity contribution is -0.153. The second-order valence-corrected chi connectivity index (χ2v) is 7.20. The van der Waals surface area contributed by atoms with E-state index in [-0.39, 0.29) is 19.2 Å². The molecule has 0 aliphatic carbocycles. The van der Waals surface area contributed by atoms with E-state index < -0.39 is 6.10 Å². The highest BCUT2D eigenvalue weighted by molar-refractivity contribution is 5.69. The molecule has 0 aromatic rings. The molecule has 5 nitrogen and oxygen atoms in total. The number of hydrogen-bond donors (Lipinski definition) is 2. The average molecular weight is 371 g/mol. The van der Waals surface area contributed by atoms with Gasteiger partial charge in [0.1, 0.15) is 6.10 Å². The summed E-state index contributed by atoms with van der Waals surface area (Å²) in [6.07, 6.45) is 17.7. The Morgan fingerprint density at radius 1 is 1.00 bits per heavy atom. The number of unbranched alkanes of at least 4 members (excludes halogenated alkanes) is 7. The SMILES string of the molecule is CCCCCC1OC1C/C=C\CCCCCCCC(=O)OC(CO)CO. The van der Waals surface area contributed by atoms with E-state index in [1.165, 1.54) is 38.5 Å². The molecule has 0 amide bonds. The van der Waals surface area contributed by atoms with Crippen molar-refractivity contribution in [1.82, 2.24) is 0 Å². The minimum atomic E-state index is -0.776. The third-order valence-electron chi connectivity index (χ3n) is 4.77. The molecule has 2 atom stereocenters.